The standard InChI is InChI=1S/C15H14O3/c16-11-15(10-14(17)18)8-6-13(7-9-15)12-4-2-1-3-5-12/h1-8,11H,9-10H2,(H,17,18). The van der Waals surface area contributed by atoms with Crippen LogP contribution in [0.15, 0.2) is 48.6 Å². The molecule has 2 rings (SSSR count). The number of hydrogen-bond acceptors (Lipinski definition) is 2. The van der Waals surface area contributed by atoms with Gasteiger partial charge in [0.15, 0.2) is 0 Å². The van der Waals surface area contributed by atoms with E-state index in [0.29, 0.717) is 6.42 Å². The number of carboxylic acids is 1. The zero-order valence-corrected chi connectivity index (χ0v) is 9.87. The van der Waals surface area contributed by atoms with E-state index < -0.39 is 11.4 Å². The Morgan fingerprint density at radius 2 is 2.06 bits per heavy atom. The molecule has 0 aliphatic heterocycles. The molecule has 3 nitrogen and oxygen atoms in total. The third-order valence-corrected chi connectivity index (χ3v) is 3.12. The number of aliphatic carboxylic acids is 1. The van der Waals surface area contributed by atoms with Crippen LogP contribution in [0.5, 0.6) is 0 Å². The summed E-state index contributed by atoms with van der Waals surface area (Å²) in [6, 6.07) is 9.81. The van der Waals surface area contributed by atoms with Crippen LogP contribution in [0.4, 0.5) is 0 Å². The fourth-order valence-corrected chi connectivity index (χ4v) is 2.08. The van der Waals surface area contributed by atoms with Gasteiger partial charge in [-0.05, 0) is 17.6 Å². The fraction of sp³-hybridized carbons (Fsp3) is 0.200. The lowest BCUT2D eigenvalue weighted by Gasteiger charge is -2.24. The van der Waals surface area contributed by atoms with Gasteiger partial charge in [-0.3, -0.25) is 4.79 Å². The molecule has 0 radical (unpaired) electrons. The minimum atomic E-state index is -0.955. The quantitative estimate of drug-likeness (QED) is 0.826. The molecule has 3 heteroatoms. The Bertz CT molecular complexity index is 514. The van der Waals surface area contributed by atoms with Crippen molar-refractivity contribution in [1.29, 1.82) is 0 Å². The monoisotopic (exact) mass is 242 g/mol. The summed E-state index contributed by atoms with van der Waals surface area (Å²) in [5, 5.41) is 8.83. The first-order valence-corrected chi connectivity index (χ1v) is 5.78. The molecule has 1 aromatic rings. The predicted molar refractivity (Wildman–Crippen MR) is 68.9 cm³/mol. The van der Waals surface area contributed by atoms with Crippen molar-refractivity contribution in [3.05, 3.63) is 54.1 Å². The molecule has 92 valence electrons. The first-order valence-electron chi connectivity index (χ1n) is 5.78. The van der Waals surface area contributed by atoms with Gasteiger partial charge in [-0.25, -0.2) is 0 Å². The average Bonchev–Trinajstić information content (AvgIpc) is 2.40. The molecule has 1 unspecified atom stereocenters. The highest BCUT2D eigenvalue weighted by molar-refractivity contribution is 5.81. The van der Waals surface area contributed by atoms with E-state index in [1.807, 2.05) is 42.5 Å². The van der Waals surface area contributed by atoms with Gasteiger partial charge < -0.3 is 9.90 Å². The summed E-state index contributed by atoms with van der Waals surface area (Å²) in [6.07, 6.45) is 6.46. The lowest BCUT2D eigenvalue weighted by Crippen LogP contribution is -2.24. The molecule has 0 amide bonds. The highest BCUT2D eigenvalue weighted by Crippen LogP contribution is 2.34. The summed E-state index contributed by atoms with van der Waals surface area (Å²) in [7, 11) is 0. The lowest BCUT2D eigenvalue weighted by molar-refractivity contribution is -0.140. The van der Waals surface area contributed by atoms with Crippen LogP contribution >= 0.6 is 0 Å². The summed E-state index contributed by atoms with van der Waals surface area (Å²) in [4.78, 5) is 21.9. The number of aldehydes is 1. The molecule has 0 spiro atoms. The molecule has 1 N–H and O–H groups in total. The third kappa shape index (κ3) is 2.56. The van der Waals surface area contributed by atoms with Gasteiger partial charge in [0.2, 0.25) is 0 Å². The minimum Gasteiger partial charge on any atom is -0.481 e. The second kappa shape index (κ2) is 5.00. The topological polar surface area (TPSA) is 54.4 Å². The second-order valence-corrected chi connectivity index (χ2v) is 4.48. The van der Waals surface area contributed by atoms with Crippen molar-refractivity contribution in [2.24, 2.45) is 5.41 Å². The van der Waals surface area contributed by atoms with Crippen molar-refractivity contribution in [3.8, 4) is 0 Å². The van der Waals surface area contributed by atoms with Gasteiger partial charge in [-0.1, -0.05) is 48.6 Å². The molecule has 1 aliphatic rings. The van der Waals surface area contributed by atoms with Crippen LogP contribution in [0.25, 0.3) is 5.57 Å². The van der Waals surface area contributed by atoms with Crippen LogP contribution in [-0.4, -0.2) is 17.4 Å². The van der Waals surface area contributed by atoms with Gasteiger partial charge in [0.25, 0.3) is 0 Å². The van der Waals surface area contributed by atoms with Crippen molar-refractivity contribution >= 4 is 17.8 Å². The highest BCUT2D eigenvalue weighted by atomic mass is 16.4. The molecule has 0 fully saturated rings. The van der Waals surface area contributed by atoms with Gasteiger partial charge in [-0.2, -0.15) is 0 Å². The van der Waals surface area contributed by atoms with Crippen LogP contribution in [-0.2, 0) is 9.59 Å². The molecule has 0 saturated carbocycles. The van der Waals surface area contributed by atoms with E-state index in [4.69, 9.17) is 5.11 Å². The number of benzene rings is 1. The Kier molecular flexibility index (Phi) is 3.42. The Morgan fingerprint density at radius 3 is 2.56 bits per heavy atom. The zero-order chi connectivity index (χ0) is 13.0. The van der Waals surface area contributed by atoms with E-state index >= 15 is 0 Å². The predicted octanol–water partition coefficient (Wildman–Crippen LogP) is 2.69. The molecule has 0 bridgehead atoms. The Morgan fingerprint density at radius 1 is 1.33 bits per heavy atom. The maximum Gasteiger partial charge on any atom is 0.304 e. The number of allylic oxidation sites excluding steroid dienone is 4. The van der Waals surface area contributed by atoms with Gasteiger partial charge >= 0.3 is 5.97 Å². The van der Waals surface area contributed by atoms with Gasteiger partial charge in [-0.15, -0.1) is 0 Å². The van der Waals surface area contributed by atoms with Crippen LogP contribution in [0, 0.1) is 5.41 Å². The van der Waals surface area contributed by atoms with Crippen molar-refractivity contribution < 1.29 is 14.7 Å². The molecule has 0 heterocycles. The third-order valence-electron chi connectivity index (χ3n) is 3.12. The van der Waals surface area contributed by atoms with E-state index in [9.17, 15) is 9.59 Å². The maximum atomic E-state index is 11.1. The Balaban J connectivity index is 2.20. The summed E-state index contributed by atoms with van der Waals surface area (Å²) >= 11 is 0. The van der Waals surface area contributed by atoms with Gasteiger partial charge in [0.1, 0.15) is 6.29 Å². The van der Waals surface area contributed by atoms with Crippen LogP contribution < -0.4 is 0 Å². The largest absolute Gasteiger partial charge is 0.481 e. The number of hydrogen-bond donors (Lipinski definition) is 1. The van der Waals surface area contributed by atoms with Crippen LogP contribution in [0.3, 0.4) is 0 Å². The van der Waals surface area contributed by atoms with E-state index in [1.54, 1.807) is 6.08 Å². The van der Waals surface area contributed by atoms with E-state index in [-0.39, 0.29) is 6.42 Å². The molecular formula is C15H14O3. The average molecular weight is 242 g/mol. The van der Waals surface area contributed by atoms with Gasteiger partial charge in [0.05, 0.1) is 11.8 Å². The maximum absolute atomic E-state index is 11.1. The van der Waals surface area contributed by atoms with Crippen molar-refractivity contribution in [2.75, 3.05) is 0 Å². The Labute approximate surface area is 105 Å². The number of carbonyl (C=O) groups excluding carboxylic acids is 1. The van der Waals surface area contributed by atoms with Gasteiger partial charge in [0, 0.05) is 0 Å². The number of rotatable bonds is 4. The van der Waals surface area contributed by atoms with Crippen molar-refractivity contribution in [3.63, 3.8) is 0 Å². The molecule has 1 aliphatic carbocycles. The molecule has 18 heavy (non-hydrogen) atoms. The summed E-state index contributed by atoms with van der Waals surface area (Å²) in [5.74, 6) is -0.955. The van der Waals surface area contributed by atoms with E-state index in [2.05, 4.69) is 0 Å². The fourth-order valence-electron chi connectivity index (χ4n) is 2.08. The van der Waals surface area contributed by atoms with E-state index in [0.717, 1.165) is 17.4 Å². The zero-order valence-electron chi connectivity index (χ0n) is 9.87. The van der Waals surface area contributed by atoms with Crippen molar-refractivity contribution in [2.45, 2.75) is 12.8 Å². The first-order chi connectivity index (χ1) is 8.65. The van der Waals surface area contributed by atoms with Crippen LogP contribution in [0.1, 0.15) is 18.4 Å². The second-order valence-electron chi connectivity index (χ2n) is 4.48. The number of carbonyl (C=O) groups is 2. The molecular weight excluding hydrogens is 228 g/mol. The SMILES string of the molecule is O=CC1(CC(=O)O)C=CC(c2ccccc2)=CC1. The first kappa shape index (κ1) is 12.3. The minimum absolute atomic E-state index is 0.161. The number of carboxylic acid groups (broad SMARTS) is 1. The lowest BCUT2D eigenvalue weighted by atomic mass is 9.78. The highest BCUT2D eigenvalue weighted by Gasteiger charge is 2.30. The normalized spacial score (nSPS) is 22.3. The Hall–Kier alpha value is -2.16. The molecule has 0 saturated heterocycles. The van der Waals surface area contributed by atoms with Crippen LogP contribution in [0.2, 0.25) is 0 Å². The summed E-state index contributed by atoms with van der Waals surface area (Å²) in [6.45, 7) is 0. The summed E-state index contributed by atoms with van der Waals surface area (Å²) in [5.41, 5.74) is 1.21. The van der Waals surface area contributed by atoms with Crippen molar-refractivity contribution in [1.82, 2.24) is 0 Å². The molecule has 0 aromatic heterocycles. The smallest absolute Gasteiger partial charge is 0.304 e. The van der Waals surface area contributed by atoms with E-state index in [1.165, 1.54) is 0 Å². The molecule has 1 aromatic carbocycles. The summed E-state index contributed by atoms with van der Waals surface area (Å²) < 4.78 is 0. The molecule has 1 atom stereocenters.